The van der Waals surface area contributed by atoms with Gasteiger partial charge in [-0.2, -0.15) is 0 Å². The third-order valence-corrected chi connectivity index (χ3v) is 5.34. The minimum Gasteiger partial charge on any atom is -0.493 e. The number of methoxy groups -OCH3 is 1. The topological polar surface area (TPSA) is 60.8 Å². The van der Waals surface area contributed by atoms with Crippen LogP contribution in [-0.4, -0.2) is 24.3 Å². The molecule has 0 aliphatic carbocycles. The lowest BCUT2D eigenvalue weighted by atomic mass is 10.1. The predicted octanol–water partition coefficient (Wildman–Crippen LogP) is 5.98. The van der Waals surface area contributed by atoms with E-state index in [1.807, 2.05) is 36.4 Å². The molecule has 0 unspecified atom stereocenters. The van der Waals surface area contributed by atoms with E-state index in [1.165, 1.54) is 19.5 Å². The highest BCUT2D eigenvalue weighted by Gasteiger charge is 2.12. The van der Waals surface area contributed by atoms with Crippen LogP contribution in [0.15, 0.2) is 88.6 Å². The first-order valence-corrected chi connectivity index (χ1v) is 9.96. The molecule has 0 radical (unpaired) electrons. The maximum atomic E-state index is 12.3. The minimum absolute atomic E-state index is 0.336. The van der Waals surface area contributed by atoms with Gasteiger partial charge in [-0.15, -0.1) is 0 Å². The standard InChI is InChI=1S/C24H17BrN2O3/c1-29-22-14-16(6-9-21(22)30-24(28)18-10-12-26-13-11-18)15-27-20-8-7-17-4-2-3-5-19(17)23(20)25/h2-15H,1H3. The van der Waals surface area contributed by atoms with Gasteiger partial charge >= 0.3 is 5.97 Å². The second-order valence-corrected chi connectivity index (χ2v) is 7.21. The van der Waals surface area contributed by atoms with Crippen LogP contribution in [0.25, 0.3) is 10.8 Å². The third-order valence-electron chi connectivity index (χ3n) is 4.50. The van der Waals surface area contributed by atoms with E-state index < -0.39 is 5.97 Å². The average Bonchev–Trinajstić information content (AvgIpc) is 2.80. The van der Waals surface area contributed by atoms with Gasteiger partial charge in [0.25, 0.3) is 0 Å². The summed E-state index contributed by atoms with van der Waals surface area (Å²) in [5.74, 6) is 0.305. The number of fused-ring (bicyclic) bond motifs is 1. The molecular weight excluding hydrogens is 444 g/mol. The molecule has 0 fully saturated rings. The Morgan fingerprint density at radius 2 is 1.80 bits per heavy atom. The monoisotopic (exact) mass is 460 g/mol. The van der Waals surface area contributed by atoms with E-state index in [9.17, 15) is 4.79 Å². The SMILES string of the molecule is COc1cc(C=Nc2ccc3ccccc3c2Br)ccc1OC(=O)c1ccncc1. The molecule has 1 aromatic heterocycles. The fraction of sp³-hybridized carbons (Fsp3) is 0.0417. The van der Waals surface area contributed by atoms with Crippen LogP contribution in [0.1, 0.15) is 15.9 Å². The van der Waals surface area contributed by atoms with E-state index in [-0.39, 0.29) is 0 Å². The smallest absolute Gasteiger partial charge is 0.343 e. The van der Waals surface area contributed by atoms with Crippen molar-refractivity contribution >= 4 is 44.6 Å². The molecule has 4 aromatic rings. The summed E-state index contributed by atoms with van der Waals surface area (Å²) in [6.45, 7) is 0. The third kappa shape index (κ3) is 4.23. The quantitative estimate of drug-likeness (QED) is 0.209. The zero-order chi connectivity index (χ0) is 20.9. The predicted molar refractivity (Wildman–Crippen MR) is 121 cm³/mol. The van der Waals surface area contributed by atoms with Crippen LogP contribution in [0.3, 0.4) is 0 Å². The number of hydrogen-bond donors (Lipinski definition) is 0. The van der Waals surface area contributed by atoms with E-state index in [4.69, 9.17) is 9.47 Å². The van der Waals surface area contributed by atoms with Gasteiger partial charge < -0.3 is 9.47 Å². The zero-order valence-corrected chi connectivity index (χ0v) is 17.7. The summed E-state index contributed by atoms with van der Waals surface area (Å²) in [7, 11) is 1.53. The second-order valence-electron chi connectivity index (χ2n) is 6.41. The van der Waals surface area contributed by atoms with Crippen molar-refractivity contribution in [3.05, 3.63) is 94.7 Å². The van der Waals surface area contributed by atoms with Crippen molar-refractivity contribution in [3.63, 3.8) is 0 Å². The number of nitrogens with zero attached hydrogens (tertiary/aromatic N) is 2. The lowest BCUT2D eigenvalue weighted by Gasteiger charge is -2.10. The number of halogens is 1. The van der Waals surface area contributed by atoms with Crippen molar-refractivity contribution in [2.45, 2.75) is 0 Å². The zero-order valence-electron chi connectivity index (χ0n) is 16.1. The molecule has 5 nitrogen and oxygen atoms in total. The van der Waals surface area contributed by atoms with Gasteiger partial charge in [-0.25, -0.2) is 4.79 Å². The Labute approximate surface area is 182 Å². The van der Waals surface area contributed by atoms with E-state index in [0.29, 0.717) is 17.1 Å². The molecule has 6 heteroatoms. The number of carbonyl (C=O) groups is 1. The van der Waals surface area contributed by atoms with Crippen molar-refractivity contribution in [2.75, 3.05) is 7.11 Å². The van der Waals surface area contributed by atoms with Crippen molar-refractivity contribution in [1.82, 2.24) is 4.98 Å². The summed E-state index contributed by atoms with van der Waals surface area (Å²) in [6, 6.07) is 20.6. The molecule has 0 atom stereocenters. The fourth-order valence-corrected chi connectivity index (χ4v) is 3.56. The number of aromatic nitrogens is 1. The maximum Gasteiger partial charge on any atom is 0.343 e. The van der Waals surface area contributed by atoms with Crippen LogP contribution in [-0.2, 0) is 0 Å². The summed E-state index contributed by atoms with van der Waals surface area (Å²) < 4.78 is 11.8. The van der Waals surface area contributed by atoms with Crippen molar-refractivity contribution in [2.24, 2.45) is 4.99 Å². The Morgan fingerprint density at radius 1 is 1.00 bits per heavy atom. The number of aliphatic imine (C=N–C) groups is 1. The fourth-order valence-electron chi connectivity index (χ4n) is 2.96. The van der Waals surface area contributed by atoms with Crippen LogP contribution in [0.5, 0.6) is 11.5 Å². The summed E-state index contributed by atoms with van der Waals surface area (Å²) in [6.07, 6.45) is 4.82. The summed E-state index contributed by atoms with van der Waals surface area (Å²) in [4.78, 5) is 20.8. The largest absolute Gasteiger partial charge is 0.493 e. The molecule has 0 saturated heterocycles. The van der Waals surface area contributed by atoms with Gasteiger partial charge in [0.05, 0.1) is 22.8 Å². The number of esters is 1. The van der Waals surface area contributed by atoms with Crippen molar-refractivity contribution < 1.29 is 14.3 Å². The number of ether oxygens (including phenoxy) is 2. The number of rotatable bonds is 5. The lowest BCUT2D eigenvalue weighted by Crippen LogP contribution is -2.09. The Bertz CT molecular complexity index is 1240. The Kier molecular flexibility index (Phi) is 5.86. The molecule has 0 bridgehead atoms. The molecule has 0 amide bonds. The van der Waals surface area contributed by atoms with Crippen molar-refractivity contribution in [3.8, 4) is 11.5 Å². The van der Waals surface area contributed by atoms with Gasteiger partial charge in [0.1, 0.15) is 0 Å². The molecule has 0 spiro atoms. The van der Waals surface area contributed by atoms with Crippen LogP contribution in [0.4, 0.5) is 5.69 Å². The Hall–Kier alpha value is -3.51. The number of benzene rings is 3. The molecule has 0 aliphatic heterocycles. The number of carbonyl (C=O) groups excluding carboxylic acids is 1. The van der Waals surface area contributed by atoms with Gasteiger partial charge in [0.15, 0.2) is 11.5 Å². The van der Waals surface area contributed by atoms with Gasteiger partial charge in [-0.3, -0.25) is 9.98 Å². The molecule has 0 aliphatic rings. The first kappa shape index (κ1) is 19.8. The van der Waals surface area contributed by atoms with E-state index in [1.54, 1.807) is 30.5 Å². The molecule has 1 heterocycles. The highest BCUT2D eigenvalue weighted by molar-refractivity contribution is 9.10. The maximum absolute atomic E-state index is 12.3. The Balaban J connectivity index is 1.57. The summed E-state index contributed by atoms with van der Waals surface area (Å²) in [5, 5.41) is 2.24. The summed E-state index contributed by atoms with van der Waals surface area (Å²) in [5.41, 5.74) is 2.05. The van der Waals surface area contributed by atoms with Crippen LogP contribution in [0, 0.1) is 0 Å². The second kappa shape index (κ2) is 8.88. The highest BCUT2D eigenvalue weighted by atomic mass is 79.9. The molecule has 30 heavy (non-hydrogen) atoms. The van der Waals surface area contributed by atoms with E-state index in [0.717, 1.165) is 26.5 Å². The van der Waals surface area contributed by atoms with Gasteiger partial charge in [0, 0.05) is 18.6 Å². The van der Waals surface area contributed by atoms with Gasteiger partial charge in [-0.1, -0.05) is 30.3 Å². The first-order valence-electron chi connectivity index (χ1n) is 9.17. The molecule has 148 valence electrons. The lowest BCUT2D eigenvalue weighted by molar-refractivity contribution is 0.0729. The molecular formula is C24H17BrN2O3. The summed E-state index contributed by atoms with van der Waals surface area (Å²) >= 11 is 3.64. The molecule has 4 rings (SSSR count). The minimum atomic E-state index is -0.475. The average molecular weight is 461 g/mol. The first-order chi connectivity index (χ1) is 14.7. The van der Waals surface area contributed by atoms with E-state index in [2.05, 4.69) is 32.0 Å². The number of pyridine rings is 1. The number of hydrogen-bond acceptors (Lipinski definition) is 5. The molecule has 0 saturated carbocycles. The highest BCUT2D eigenvalue weighted by Crippen LogP contribution is 2.33. The Morgan fingerprint density at radius 3 is 2.60 bits per heavy atom. The van der Waals surface area contributed by atoms with Crippen molar-refractivity contribution in [1.29, 1.82) is 0 Å². The molecule has 0 N–H and O–H groups in total. The van der Waals surface area contributed by atoms with Gasteiger partial charge in [0.2, 0.25) is 0 Å². The normalized spacial score (nSPS) is 11.0. The van der Waals surface area contributed by atoms with Crippen LogP contribution >= 0.6 is 15.9 Å². The van der Waals surface area contributed by atoms with Crippen LogP contribution in [0.2, 0.25) is 0 Å². The van der Waals surface area contributed by atoms with E-state index >= 15 is 0 Å². The van der Waals surface area contributed by atoms with Crippen LogP contribution < -0.4 is 9.47 Å². The molecule has 3 aromatic carbocycles. The van der Waals surface area contributed by atoms with Gasteiger partial charge in [-0.05, 0) is 68.7 Å².